The number of morpholine rings is 1. The Morgan fingerprint density at radius 1 is 1.34 bits per heavy atom. The number of amides is 1. The van der Waals surface area contributed by atoms with Crippen molar-refractivity contribution < 1.29 is 23.8 Å². The Morgan fingerprint density at radius 3 is 2.89 bits per heavy atom. The molecule has 35 heavy (non-hydrogen) atoms. The van der Waals surface area contributed by atoms with Gasteiger partial charge in [-0.15, -0.1) is 11.3 Å². The molecule has 3 aliphatic heterocycles. The smallest absolute Gasteiger partial charge is 0.335 e. The molecular formula is C24H26FN5O4S. The molecule has 9 nitrogen and oxygen atoms in total. The highest BCUT2D eigenvalue weighted by Gasteiger charge is 2.42. The van der Waals surface area contributed by atoms with Crippen molar-refractivity contribution in [3.8, 4) is 0 Å². The number of benzene rings is 1. The highest BCUT2D eigenvalue weighted by atomic mass is 32.1. The number of hydrogen-bond donors (Lipinski definition) is 2. The number of halogens is 1. The summed E-state index contributed by atoms with van der Waals surface area (Å²) in [7, 11) is 0. The van der Waals surface area contributed by atoms with Gasteiger partial charge in [-0.3, -0.25) is 14.7 Å². The van der Waals surface area contributed by atoms with Gasteiger partial charge in [0.2, 0.25) is 5.91 Å². The number of carbonyl (C=O) groups is 2. The minimum atomic E-state index is -1.12. The Morgan fingerprint density at radius 2 is 2.17 bits per heavy atom. The number of hydrogen-bond acceptors (Lipinski definition) is 8. The van der Waals surface area contributed by atoms with E-state index in [1.54, 1.807) is 30.2 Å². The van der Waals surface area contributed by atoms with Gasteiger partial charge in [-0.05, 0) is 24.1 Å². The van der Waals surface area contributed by atoms with Crippen LogP contribution in [-0.2, 0) is 14.3 Å². The van der Waals surface area contributed by atoms with Crippen molar-refractivity contribution in [1.82, 2.24) is 20.1 Å². The molecule has 2 saturated heterocycles. The van der Waals surface area contributed by atoms with Gasteiger partial charge in [0.1, 0.15) is 11.9 Å². The first-order valence-corrected chi connectivity index (χ1v) is 12.3. The van der Waals surface area contributed by atoms with Gasteiger partial charge in [-0.1, -0.05) is 12.1 Å². The lowest BCUT2D eigenvalue weighted by molar-refractivity contribution is -0.133. The van der Waals surface area contributed by atoms with Gasteiger partial charge in [0.25, 0.3) is 0 Å². The molecule has 1 unspecified atom stereocenters. The minimum absolute atomic E-state index is 0.0102. The first kappa shape index (κ1) is 23.6. The van der Waals surface area contributed by atoms with E-state index in [2.05, 4.69) is 15.2 Å². The number of amidine groups is 1. The van der Waals surface area contributed by atoms with Gasteiger partial charge in [-0.25, -0.2) is 14.2 Å². The molecule has 3 aliphatic rings. The van der Waals surface area contributed by atoms with Crippen molar-refractivity contribution in [2.45, 2.75) is 32.0 Å². The number of ether oxygens (including phenoxy) is 1. The molecular weight excluding hydrogens is 473 g/mol. The number of aromatic nitrogens is 1. The second-order valence-corrected chi connectivity index (χ2v) is 9.76. The van der Waals surface area contributed by atoms with Crippen molar-refractivity contribution in [2.24, 2.45) is 4.99 Å². The highest BCUT2D eigenvalue weighted by Crippen LogP contribution is 2.35. The molecule has 1 aromatic heterocycles. The van der Waals surface area contributed by atoms with Crippen LogP contribution in [0.4, 0.5) is 4.39 Å². The highest BCUT2D eigenvalue weighted by molar-refractivity contribution is 7.11. The Hall–Kier alpha value is -3.15. The molecule has 0 spiro atoms. The molecule has 2 fully saturated rings. The van der Waals surface area contributed by atoms with Gasteiger partial charge in [0, 0.05) is 50.4 Å². The second-order valence-electron chi connectivity index (χ2n) is 8.87. The molecule has 1 aromatic carbocycles. The zero-order chi connectivity index (χ0) is 24.7. The van der Waals surface area contributed by atoms with E-state index in [1.165, 1.54) is 24.3 Å². The van der Waals surface area contributed by atoms with Crippen LogP contribution in [0, 0.1) is 12.7 Å². The number of nitrogens with zero attached hydrogens (tertiary/aromatic N) is 4. The lowest BCUT2D eigenvalue weighted by Gasteiger charge is -2.38. The quantitative estimate of drug-likeness (QED) is 0.648. The second kappa shape index (κ2) is 9.48. The molecule has 0 radical (unpaired) electrons. The van der Waals surface area contributed by atoms with Crippen LogP contribution in [-0.4, -0.2) is 82.5 Å². The zero-order valence-corrected chi connectivity index (χ0v) is 20.2. The number of aliphatic carboxylic acids is 1. The molecule has 0 bridgehead atoms. The third-order valence-corrected chi connectivity index (χ3v) is 7.60. The van der Waals surface area contributed by atoms with Gasteiger partial charge >= 0.3 is 5.97 Å². The lowest BCUT2D eigenvalue weighted by Crippen LogP contribution is -2.53. The van der Waals surface area contributed by atoms with E-state index in [4.69, 9.17) is 9.73 Å². The molecule has 2 N–H and O–H groups in total. The topological polar surface area (TPSA) is 107 Å². The first-order chi connectivity index (χ1) is 16.8. The van der Waals surface area contributed by atoms with Crippen molar-refractivity contribution in [2.75, 3.05) is 32.8 Å². The summed E-state index contributed by atoms with van der Waals surface area (Å²) in [6.45, 7) is 5.60. The maximum absolute atomic E-state index is 14.5. The standard InChI is InChI=1S/C24H26FN5O4S/c1-13-15(4-3-5-16(13)25)21-20(24(32)33)17(27-22(28-21)23-26-6-9-35-23)10-29-7-8-34-19-12-30(14(2)31)11-18(19)29/h3-6,9,18-19,21H,7-8,10-12H2,1-2H3,(H,27,28)(H,32,33)/t18-,19+,21?/m1/s1. The molecule has 0 aliphatic carbocycles. The summed E-state index contributed by atoms with van der Waals surface area (Å²) in [5.74, 6) is -1.09. The van der Waals surface area contributed by atoms with Crippen molar-refractivity contribution >= 4 is 29.0 Å². The fourth-order valence-electron chi connectivity index (χ4n) is 4.98. The summed E-state index contributed by atoms with van der Waals surface area (Å²) in [6.07, 6.45) is 1.53. The van der Waals surface area contributed by atoms with E-state index >= 15 is 0 Å². The van der Waals surface area contributed by atoms with Crippen molar-refractivity contribution in [3.63, 3.8) is 0 Å². The zero-order valence-electron chi connectivity index (χ0n) is 19.4. The van der Waals surface area contributed by atoms with Crippen molar-refractivity contribution in [3.05, 3.63) is 63.0 Å². The van der Waals surface area contributed by atoms with Crippen LogP contribution in [0.5, 0.6) is 0 Å². The largest absolute Gasteiger partial charge is 0.478 e. The summed E-state index contributed by atoms with van der Waals surface area (Å²) >= 11 is 1.38. The molecule has 3 atom stereocenters. The average molecular weight is 500 g/mol. The van der Waals surface area contributed by atoms with E-state index in [0.29, 0.717) is 60.5 Å². The summed E-state index contributed by atoms with van der Waals surface area (Å²) in [6, 6.07) is 3.69. The van der Waals surface area contributed by atoms with E-state index in [0.717, 1.165) is 0 Å². The Labute approximate surface area is 205 Å². The molecule has 4 heterocycles. The van der Waals surface area contributed by atoms with Gasteiger partial charge in [0.15, 0.2) is 10.8 Å². The average Bonchev–Trinajstić information content (AvgIpc) is 3.51. The molecule has 0 saturated carbocycles. The number of carboxylic acids is 1. The summed E-state index contributed by atoms with van der Waals surface area (Å²) < 4.78 is 20.4. The van der Waals surface area contributed by atoms with Gasteiger partial charge in [0.05, 0.1) is 24.3 Å². The predicted octanol–water partition coefficient (Wildman–Crippen LogP) is 1.95. The molecule has 1 amide bonds. The number of carboxylic acid groups (broad SMARTS) is 1. The van der Waals surface area contributed by atoms with E-state index in [9.17, 15) is 19.1 Å². The summed E-state index contributed by atoms with van der Waals surface area (Å²) in [5, 5.41) is 15.9. The van der Waals surface area contributed by atoms with E-state index in [1.807, 2.05) is 5.38 Å². The number of carbonyl (C=O) groups excluding carboxylic acids is 1. The number of rotatable bonds is 5. The molecule has 11 heteroatoms. The van der Waals surface area contributed by atoms with Crippen LogP contribution in [0.25, 0.3) is 0 Å². The maximum atomic E-state index is 14.5. The molecule has 5 rings (SSSR count). The summed E-state index contributed by atoms with van der Waals surface area (Å²) in [5.41, 5.74) is 1.41. The normalized spacial score (nSPS) is 24.7. The number of aliphatic imine (C=N–C) groups is 1. The van der Waals surface area contributed by atoms with Gasteiger partial charge < -0.3 is 20.1 Å². The number of fused-ring (bicyclic) bond motifs is 1. The fourth-order valence-corrected chi connectivity index (χ4v) is 5.57. The predicted molar refractivity (Wildman–Crippen MR) is 128 cm³/mol. The van der Waals surface area contributed by atoms with Crippen molar-refractivity contribution in [1.29, 1.82) is 0 Å². The fraction of sp³-hybridized carbons (Fsp3) is 0.417. The van der Waals surface area contributed by atoms with Gasteiger partial charge in [-0.2, -0.15) is 0 Å². The van der Waals surface area contributed by atoms with E-state index in [-0.39, 0.29) is 23.6 Å². The van der Waals surface area contributed by atoms with Crippen LogP contribution < -0.4 is 5.32 Å². The van der Waals surface area contributed by atoms with Crippen LogP contribution in [0.15, 0.2) is 46.0 Å². The Bertz CT molecular complexity index is 1210. The summed E-state index contributed by atoms with van der Waals surface area (Å²) in [4.78, 5) is 37.5. The SMILES string of the molecule is CC(=O)N1C[C@@H]2OCCN(CC3=C(C(=O)O)C(c4cccc(F)c4C)N=C(c4nccs4)N3)[C@@H]2C1. The first-order valence-electron chi connectivity index (χ1n) is 11.4. The minimum Gasteiger partial charge on any atom is -0.478 e. The Balaban J connectivity index is 1.55. The van der Waals surface area contributed by atoms with Crippen LogP contribution in [0.1, 0.15) is 29.1 Å². The van der Waals surface area contributed by atoms with Crippen LogP contribution in [0.2, 0.25) is 0 Å². The third kappa shape index (κ3) is 4.46. The van der Waals surface area contributed by atoms with E-state index < -0.39 is 17.8 Å². The Kier molecular flexibility index (Phi) is 6.39. The number of likely N-dealkylation sites (tertiary alicyclic amines) is 1. The third-order valence-electron chi connectivity index (χ3n) is 6.82. The number of nitrogens with one attached hydrogen (secondary N) is 1. The van der Waals surface area contributed by atoms with Crippen LogP contribution in [0.3, 0.4) is 0 Å². The number of thiazole rings is 1. The molecule has 2 aromatic rings. The van der Waals surface area contributed by atoms with Crippen LogP contribution >= 0.6 is 11.3 Å². The molecule has 184 valence electrons. The lowest BCUT2D eigenvalue weighted by atomic mass is 9.92. The monoisotopic (exact) mass is 499 g/mol. The maximum Gasteiger partial charge on any atom is 0.335 e.